The Kier molecular flexibility index (Phi) is 6.84. The van der Waals surface area contributed by atoms with E-state index in [1.807, 2.05) is 72.8 Å². The fraction of sp³-hybridized carbons (Fsp3) is 0.0667. The van der Waals surface area contributed by atoms with E-state index in [0.29, 0.717) is 13.2 Å². The van der Waals surface area contributed by atoms with Crippen molar-refractivity contribution in [3.63, 3.8) is 0 Å². The van der Waals surface area contributed by atoms with E-state index in [1.54, 1.807) is 0 Å². The van der Waals surface area contributed by atoms with E-state index < -0.39 is 0 Å². The van der Waals surface area contributed by atoms with Crippen molar-refractivity contribution in [1.82, 2.24) is 0 Å². The summed E-state index contributed by atoms with van der Waals surface area (Å²) in [7, 11) is 0. The van der Waals surface area contributed by atoms with E-state index in [1.165, 1.54) is 0 Å². The number of rotatable bonds is 9. The Morgan fingerprint density at radius 3 is 1.25 bits per heavy atom. The first-order valence-corrected chi connectivity index (χ1v) is 10.6. The Morgan fingerprint density at radius 1 is 0.500 bits per heavy atom. The van der Waals surface area contributed by atoms with Crippen molar-refractivity contribution in [1.29, 1.82) is 0 Å². The van der Waals surface area contributed by atoms with Crippen LogP contribution in [0, 0.1) is 0 Å². The van der Waals surface area contributed by atoms with Gasteiger partial charge < -0.3 is 9.47 Å². The molecule has 0 fully saturated rings. The summed E-state index contributed by atoms with van der Waals surface area (Å²) in [6.07, 6.45) is 3.68. The maximum absolute atomic E-state index is 6.20. The molecule has 0 unspecified atom stereocenters. The molecule has 0 amide bonds. The Morgan fingerprint density at radius 2 is 0.875 bits per heavy atom. The van der Waals surface area contributed by atoms with Crippen LogP contribution in [0.5, 0.6) is 11.5 Å². The molecule has 32 heavy (non-hydrogen) atoms. The van der Waals surface area contributed by atoms with Gasteiger partial charge in [-0.3, -0.25) is 0 Å². The molecule has 2 heteroatoms. The predicted octanol–water partition coefficient (Wildman–Crippen LogP) is 7.80. The topological polar surface area (TPSA) is 18.5 Å². The fourth-order valence-electron chi connectivity index (χ4n) is 3.45. The summed E-state index contributed by atoms with van der Waals surface area (Å²) in [6.45, 7) is 8.59. The molecule has 0 saturated heterocycles. The summed E-state index contributed by atoms with van der Waals surface area (Å²) < 4.78 is 12.4. The molecule has 4 aromatic carbocycles. The maximum atomic E-state index is 6.20. The third-order valence-corrected chi connectivity index (χ3v) is 5.28. The molecule has 158 valence electrons. The lowest BCUT2D eigenvalue weighted by Gasteiger charge is -2.16. The first kappa shape index (κ1) is 21.2. The largest absolute Gasteiger partial charge is 0.488 e. The van der Waals surface area contributed by atoms with E-state index in [-0.39, 0.29) is 0 Å². The Bertz CT molecular complexity index is 1090. The molecule has 0 N–H and O–H groups in total. The second-order valence-corrected chi connectivity index (χ2v) is 7.46. The molecule has 0 aromatic heterocycles. The summed E-state index contributed by atoms with van der Waals surface area (Å²) in [5, 5.41) is 0. The van der Waals surface area contributed by atoms with Gasteiger partial charge in [0.2, 0.25) is 0 Å². The number of para-hydroxylation sites is 2. The monoisotopic (exact) mass is 418 g/mol. The molecular formula is C30H26O2. The Hall–Kier alpha value is -4.04. The van der Waals surface area contributed by atoms with E-state index in [4.69, 9.17) is 9.47 Å². The van der Waals surface area contributed by atoms with E-state index in [9.17, 15) is 0 Å². The molecule has 0 heterocycles. The zero-order valence-corrected chi connectivity index (χ0v) is 18.0. The first-order chi connectivity index (χ1) is 15.8. The zero-order valence-electron chi connectivity index (χ0n) is 18.0. The molecule has 0 atom stereocenters. The summed E-state index contributed by atoms with van der Waals surface area (Å²) in [5.41, 5.74) is 6.43. The smallest absolute Gasteiger partial charge is 0.127 e. The van der Waals surface area contributed by atoms with Gasteiger partial charge in [-0.05, 0) is 34.4 Å². The average molecular weight is 419 g/mol. The molecule has 4 rings (SSSR count). The van der Waals surface area contributed by atoms with Crippen LogP contribution in [0.1, 0.15) is 22.3 Å². The van der Waals surface area contributed by atoms with Crippen molar-refractivity contribution in [2.24, 2.45) is 0 Å². The average Bonchev–Trinajstić information content (AvgIpc) is 2.87. The van der Waals surface area contributed by atoms with Gasteiger partial charge in [0.1, 0.15) is 24.7 Å². The molecule has 2 nitrogen and oxygen atoms in total. The number of hydrogen-bond donors (Lipinski definition) is 0. The lowest BCUT2D eigenvalue weighted by atomic mass is 10.0. The summed E-state index contributed by atoms with van der Waals surface area (Å²) in [6, 6.07) is 32.6. The van der Waals surface area contributed by atoms with Crippen LogP contribution in [0.3, 0.4) is 0 Å². The van der Waals surface area contributed by atoms with Gasteiger partial charge in [-0.2, -0.15) is 0 Å². The summed E-state index contributed by atoms with van der Waals surface area (Å²) in [5.74, 6) is 1.65. The van der Waals surface area contributed by atoms with E-state index >= 15 is 0 Å². The molecule has 0 bridgehead atoms. The highest BCUT2D eigenvalue weighted by Gasteiger charge is 2.12. The van der Waals surface area contributed by atoms with Gasteiger partial charge in [0.25, 0.3) is 0 Å². The second-order valence-electron chi connectivity index (χ2n) is 7.46. The highest BCUT2D eigenvalue weighted by Crippen LogP contribution is 2.37. The van der Waals surface area contributed by atoms with Crippen LogP contribution < -0.4 is 9.47 Å². The van der Waals surface area contributed by atoms with Crippen molar-refractivity contribution in [3.05, 3.63) is 132 Å². The SMILES string of the molecule is C=Cc1ccc(COc2ccccc2-c2ccccc2OCc2ccc(C=C)cc2)cc1. The van der Waals surface area contributed by atoms with Gasteiger partial charge in [0.05, 0.1) is 0 Å². The third-order valence-electron chi connectivity index (χ3n) is 5.28. The molecule has 0 radical (unpaired) electrons. The minimum absolute atomic E-state index is 0.493. The van der Waals surface area contributed by atoms with Gasteiger partial charge in [0, 0.05) is 11.1 Å². The predicted molar refractivity (Wildman–Crippen MR) is 134 cm³/mol. The van der Waals surface area contributed by atoms with Crippen LogP contribution in [-0.2, 0) is 13.2 Å². The highest BCUT2D eigenvalue weighted by molar-refractivity contribution is 5.75. The minimum Gasteiger partial charge on any atom is -0.488 e. The lowest BCUT2D eigenvalue weighted by Crippen LogP contribution is -1.99. The van der Waals surface area contributed by atoms with E-state index in [2.05, 4.69) is 49.6 Å². The van der Waals surface area contributed by atoms with Crippen molar-refractivity contribution >= 4 is 12.2 Å². The third kappa shape index (κ3) is 5.16. The van der Waals surface area contributed by atoms with Crippen LogP contribution >= 0.6 is 0 Å². The minimum atomic E-state index is 0.493. The first-order valence-electron chi connectivity index (χ1n) is 10.6. The Labute approximate surface area is 190 Å². The van der Waals surface area contributed by atoms with Gasteiger partial charge in [0.15, 0.2) is 0 Å². The molecular weight excluding hydrogens is 392 g/mol. The van der Waals surface area contributed by atoms with Crippen LogP contribution in [-0.4, -0.2) is 0 Å². The molecule has 0 aliphatic rings. The zero-order chi connectivity index (χ0) is 22.2. The Balaban J connectivity index is 1.53. The van der Waals surface area contributed by atoms with Gasteiger partial charge in [-0.1, -0.05) is 110 Å². The number of ether oxygens (including phenoxy) is 2. The van der Waals surface area contributed by atoms with Crippen LogP contribution in [0.25, 0.3) is 23.3 Å². The summed E-state index contributed by atoms with van der Waals surface area (Å²) >= 11 is 0. The molecule has 0 aliphatic carbocycles. The standard InChI is InChI=1S/C30H26O2/c1-3-23-13-17-25(18-14-23)21-31-29-11-7-5-9-27(29)28-10-6-8-12-30(28)32-22-26-19-15-24(4-2)16-20-26/h3-20H,1-2,21-22H2. The van der Waals surface area contributed by atoms with Gasteiger partial charge in [-0.15, -0.1) is 0 Å². The highest BCUT2D eigenvalue weighted by atomic mass is 16.5. The summed E-state index contributed by atoms with van der Waals surface area (Å²) in [4.78, 5) is 0. The molecule has 0 saturated carbocycles. The number of hydrogen-bond acceptors (Lipinski definition) is 2. The van der Waals surface area contributed by atoms with Crippen molar-refractivity contribution in [2.45, 2.75) is 13.2 Å². The van der Waals surface area contributed by atoms with Crippen LogP contribution in [0.15, 0.2) is 110 Å². The van der Waals surface area contributed by atoms with Gasteiger partial charge >= 0.3 is 0 Å². The molecule has 0 aliphatic heterocycles. The normalized spacial score (nSPS) is 10.4. The number of benzene rings is 4. The van der Waals surface area contributed by atoms with Crippen LogP contribution in [0.4, 0.5) is 0 Å². The fourth-order valence-corrected chi connectivity index (χ4v) is 3.45. The quantitative estimate of drug-likeness (QED) is 0.276. The lowest BCUT2D eigenvalue weighted by molar-refractivity contribution is 0.303. The van der Waals surface area contributed by atoms with E-state index in [0.717, 1.165) is 44.9 Å². The maximum Gasteiger partial charge on any atom is 0.127 e. The van der Waals surface area contributed by atoms with Crippen molar-refractivity contribution in [3.8, 4) is 22.6 Å². The van der Waals surface area contributed by atoms with Crippen molar-refractivity contribution < 1.29 is 9.47 Å². The van der Waals surface area contributed by atoms with Gasteiger partial charge in [-0.25, -0.2) is 0 Å². The second kappa shape index (κ2) is 10.3. The van der Waals surface area contributed by atoms with Crippen LogP contribution in [0.2, 0.25) is 0 Å². The molecule has 0 spiro atoms. The molecule has 4 aromatic rings. The van der Waals surface area contributed by atoms with Crippen molar-refractivity contribution in [2.75, 3.05) is 0 Å².